The van der Waals surface area contributed by atoms with Gasteiger partial charge in [0.25, 0.3) is 0 Å². The van der Waals surface area contributed by atoms with E-state index >= 15 is 0 Å². The molecule has 0 saturated carbocycles. The van der Waals surface area contributed by atoms with Gasteiger partial charge in [0.15, 0.2) is 0 Å². The SMILES string of the molecule is CSCC(C)(O)CNc1ncc(C(=O)O)cc1Cl. The predicted molar refractivity (Wildman–Crippen MR) is 73.7 cm³/mol. The van der Waals surface area contributed by atoms with Gasteiger partial charge in [0.05, 0.1) is 16.2 Å². The lowest BCUT2D eigenvalue weighted by Gasteiger charge is -2.23. The number of hydrogen-bond acceptors (Lipinski definition) is 5. The Morgan fingerprint density at radius 2 is 2.33 bits per heavy atom. The third-order valence-electron chi connectivity index (χ3n) is 2.18. The molecule has 0 bridgehead atoms. The van der Waals surface area contributed by atoms with Crippen LogP contribution in [0, 0.1) is 0 Å². The van der Waals surface area contributed by atoms with Crippen molar-refractivity contribution in [2.75, 3.05) is 23.9 Å². The highest BCUT2D eigenvalue weighted by atomic mass is 35.5. The molecule has 100 valence electrons. The van der Waals surface area contributed by atoms with E-state index in [-0.39, 0.29) is 17.1 Å². The number of aromatic nitrogens is 1. The topological polar surface area (TPSA) is 82.5 Å². The summed E-state index contributed by atoms with van der Waals surface area (Å²) in [5.41, 5.74) is -0.850. The zero-order chi connectivity index (χ0) is 13.8. The van der Waals surface area contributed by atoms with Gasteiger partial charge in [0, 0.05) is 18.5 Å². The summed E-state index contributed by atoms with van der Waals surface area (Å²) in [6.45, 7) is 1.99. The first-order chi connectivity index (χ1) is 8.35. The molecule has 0 amide bonds. The number of hydrogen-bond donors (Lipinski definition) is 3. The van der Waals surface area contributed by atoms with Crippen molar-refractivity contribution in [2.24, 2.45) is 0 Å². The van der Waals surface area contributed by atoms with Gasteiger partial charge in [0.2, 0.25) is 0 Å². The van der Waals surface area contributed by atoms with Crippen LogP contribution >= 0.6 is 23.4 Å². The van der Waals surface area contributed by atoms with Crippen LogP contribution in [0.5, 0.6) is 0 Å². The van der Waals surface area contributed by atoms with E-state index in [1.54, 1.807) is 6.92 Å². The van der Waals surface area contributed by atoms with Gasteiger partial charge >= 0.3 is 5.97 Å². The summed E-state index contributed by atoms with van der Waals surface area (Å²) < 4.78 is 0. The lowest BCUT2D eigenvalue weighted by atomic mass is 10.1. The van der Waals surface area contributed by atoms with Crippen LogP contribution in [-0.4, -0.2) is 45.3 Å². The van der Waals surface area contributed by atoms with Gasteiger partial charge in [-0.3, -0.25) is 0 Å². The van der Waals surface area contributed by atoms with Crippen molar-refractivity contribution in [1.29, 1.82) is 0 Å². The third-order valence-corrected chi connectivity index (χ3v) is 3.38. The van der Waals surface area contributed by atoms with Gasteiger partial charge in [-0.05, 0) is 19.2 Å². The molecule has 18 heavy (non-hydrogen) atoms. The van der Waals surface area contributed by atoms with E-state index in [9.17, 15) is 9.90 Å². The zero-order valence-electron chi connectivity index (χ0n) is 10.1. The number of rotatable bonds is 6. The van der Waals surface area contributed by atoms with Gasteiger partial charge in [-0.15, -0.1) is 0 Å². The van der Waals surface area contributed by atoms with Crippen molar-refractivity contribution in [1.82, 2.24) is 4.98 Å². The number of aliphatic hydroxyl groups is 1. The maximum Gasteiger partial charge on any atom is 0.337 e. The second-order valence-electron chi connectivity index (χ2n) is 4.14. The van der Waals surface area contributed by atoms with Crippen LogP contribution in [0.25, 0.3) is 0 Å². The summed E-state index contributed by atoms with van der Waals surface area (Å²) in [6.07, 6.45) is 3.13. The van der Waals surface area contributed by atoms with E-state index in [0.29, 0.717) is 11.6 Å². The fourth-order valence-corrected chi connectivity index (χ4v) is 2.28. The van der Waals surface area contributed by atoms with Gasteiger partial charge in [-0.1, -0.05) is 11.6 Å². The smallest absolute Gasteiger partial charge is 0.337 e. The number of carboxylic acids is 1. The van der Waals surface area contributed by atoms with Crippen LogP contribution in [0.1, 0.15) is 17.3 Å². The predicted octanol–water partition coefficient (Wildman–Crippen LogP) is 1.96. The van der Waals surface area contributed by atoms with Crippen molar-refractivity contribution in [3.8, 4) is 0 Å². The van der Waals surface area contributed by atoms with Crippen molar-refractivity contribution in [3.63, 3.8) is 0 Å². The molecular weight excluding hydrogens is 276 g/mol. The highest BCUT2D eigenvalue weighted by molar-refractivity contribution is 7.98. The van der Waals surface area contributed by atoms with Crippen LogP contribution in [0.2, 0.25) is 5.02 Å². The Hall–Kier alpha value is -0.980. The molecule has 1 heterocycles. The van der Waals surface area contributed by atoms with E-state index in [4.69, 9.17) is 16.7 Å². The highest BCUT2D eigenvalue weighted by Gasteiger charge is 2.20. The molecule has 0 radical (unpaired) electrons. The van der Waals surface area contributed by atoms with Gasteiger partial charge in [-0.25, -0.2) is 9.78 Å². The Balaban J connectivity index is 2.71. The largest absolute Gasteiger partial charge is 0.478 e. The fourth-order valence-electron chi connectivity index (χ4n) is 1.32. The van der Waals surface area contributed by atoms with Gasteiger partial charge < -0.3 is 15.5 Å². The molecule has 1 aromatic rings. The van der Waals surface area contributed by atoms with E-state index in [1.165, 1.54) is 24.0 Å². The number of carbonyl (C=O) groups is 1. The molecule has 1 rings (SSSR count). The molecule has 1 unspecified atom stereocenters. The van der Waals surface area contributed by atoms with Crippen LogP contribution in [0.3, 0.4) is 0 Å². The molecule has 5 nitrogen and oxygen atoms in total. The number of pyridine rings is 1. The van der Waals surface area contributed by atoms with E-state index in [2.05, 4.69) is 10.3 Å². The standard InChI is InChI=1S/C11H15ClN2O3S/c1-11(17,6-18-2)5-14-9-8(12)3-7(4-13-9)10(15)16/h3-4,17H,5-6H2,1-2H3,(H,13,14)(H,15,16). The average molecular weight is 291 g/mol. The van der Waals surface area contributed by atoms with Gasteiger partial charge in [0.1, 0.15) is 5.82 Å². The minimum atomic E-state index is -1.08. The Morgan fingerprint density at radius 1 is 1.67 bits per heavy atom. The van der Waals surface area contributed by atoms with Crippen molar-refractivity contribution >= 4 is 35.1 Å². The van der Waals surface area contributed by atoms with Crippen LogP contribution in [0.15, 0.2) is 12.3 Å². The molecule has 0 aromatic carbocycles. The number of aromatic carboxylic acids is 1. The van der Waals surface area contributed by atoms with Crippen molar-refractivity contribution in [3.05, 3.63) is 22.8 Å². The maximum absolute atomic E-state index is 10.7. The monoisotopic (exact) mass is 290 g/mol. The zero-order valence-corrected chi connectivity index (χ0v) is 11.7. The number of thioether (sulfide) groups is 1. The Bertz CT molecular complexity index is 440. The number of anilines is 1. The molecule has 0 spiro atoms. The second kappa shape index (κ2) is 6.26. The number of nitrogens with zero attached hydrogens (tertiary/aromatic N) is 1. The highest BCUT2D eigenvalue weighted by Crippen LogP contribution is 2.21. The van der Waals surface area contributed by atoms with Crippen LogP contribution in [0.4, 0.5) is 5.82 Å². The second-order valence-corrected chi connectivity index (χ2v) is 5.42. The Morgan fingerprint density at radius 3 is 2.83 bits per heavy atom. The van der Waals surface area contributed by atoms with Crippen LogP contribution in [-0.2, 0) is 0 Å². The van der Waals surface area contributed by atoms with Crippen LogP contribution < -0.4 is 5.32 Å². The molecule has 0 aliphatic rings. The molecule has 1 atom stereocenters. The fraction of sp³-hybridized carbons (Fsp3) is 0.455. The lowest BCUT2D eigenvalue weighted by Crippen LogP contribution is -2.36. The summed E-state index contributed by atoms with van der Waals surface area (Å²) in [4.78, 5) is 14.6. The first-order valence-electron chi connectivity index (χ1n) is 5.20. The Labute approximate surface area is 115 Å². The summed E-state index contributed by atoms with van der Waals surface area (Å²) in [5.74, 6) is -0.140. The summed E-state index contributed by atoms with van der Waals surface area (Å²) in [7, 11) is 0. The Kier molecular flexibility index (Phi) is 5.25. The molecule has 7 heteroatoms. The third kappa shape index (κ3) is 4.36. The van der Waals surface area contributed by atoms with Crippen molar-refractivity contribution < 1.29 is 15.0 Å². The first-order valence-corrected chi connectivity index (χ1v) is 6.97. The summed E-state index contributed by atoms with van der Waals surface area (Å²) in [6, 6.07) is 1.32. The molecule has 0 aliphatic carbocycles. The minimum absolute atomic E-state index is 0.0291. The molecular formula is C11H15ClN2O3S. The number of carboxylic acid groups (broad SMARTS) is 1. The summed E-state index contributed by atoms with van der Waals surface area (Å²) in [5, 5.41) is 21.9. The molecule has 0 aliphatic heterocycles. The van der Waals surface area contributed by atoms with E-state index in [0.717, 1.165) is 0 Å². The van der Waals surface area contributed by atoms with Gasteiger partial charge in [-0.2, -0.15) is 11.8 Å². The first kappa shape index (κ1) is 15.1. The van der Waals surface area contributed by atoms with Crippen molar-refractivity contribution in [2.45, 2.75) is 12.5 Å². The molecule has 1 aromatic heterocycles. The van der Waals surface area contributed by atoms with E-state index < -0.39 is 11.6 Å². The molecule has 0 saturated heterocycles. The van der Waals surface area contributed by atoms with E-state index in [1.807, 2.05) is 6.26 Å². The average Bonchev–Trinajstić information content (AvgIpc) is 2.27. The lowest BCUT2D eigenvalue weighted by molar-refractivity contribution is 0.0696. The molecule has 3 N–H and O–H groups in total. The molecule has 0 fully saturated rings. The maximum atomic E-state index is 10.7. The quantitative estimate of drug-likeness (QED) is 0.743. The minimum Gasteiger partial charge on any atom is -0.478 e. The normalized spacial score (nSPS) is 14.0. The summed E-state index contributed by atoms with van der Waals surface area (Å²) >= 11 is 7.44. The number of halogens is 1. The number of nitrogens with one attached hydrogen (secondary N) is 1.